The van der Waals surface area contributed by atoms with E-state index in [1.807, 2.05) is 0 Å². The topological polar surface area (TPSA) is 81.2 Å². The number of hydrogen-bond acceptors (Lipinski definition) is 4. The van der Waals surface area contributed by atoms with Gasteiger partial charge in [-0.05, 0) is 30.7 Å². The van der Waals surface area contributed by atoms with Gasteiger partial charge in [0.15, 0.2) is 6.10 Å². The van der Waals surface area contributed by atoms with Crippen LogP contribution in [0.4, 0.5) is 13.2 Å². The van der Waals surface area contributed by atoms with E-state index < -0.39 is 42.1 Å². The zero-order chi connectivity index (χ0) is 30.6. The van der Waals surface area contributed by atoms with Crippen molar-refractivity contribution in [2.24, 2.45) is 11.8 Å². The van der Waals surface area contributed by atoms with Gasteiger partial charge in [0.2, 0.25) is 11.8 Å². The first-order chi connectivity index (χ1) is 19.9. The largest absolute Gasteiger partial charge is 0.416 e. The molecule has 0 radical (unpaired) electrons. The van der Waals surface area contributed by atoms with Gasteiger partial charge in [0, 0.05) is 24.6 Å². The van der Waals surface area contributed by atoms with Crippen molar-refractivity contribution >= 4 is 23.4 Å². The van der Waals surface area contributed by atoms with Crippen LogP contribution in [0.15, 0.2) is 66.9 Å². The van der Waals surface area contributed by atoms with Gasteiger partial charge in [-0.25, -0.2) is 10.0 Å². The number of rotatable bonds is 8. The molecule has 7 nitrogen and oxygen atoms in total. The van der Waals surface area contributed by atoms with Crippen molar-refractivity contribution in [2.75, 3.05) is 0 Å². The molecular weight excluding hydrogens is 547 g/mol. The highest BCUT2D eigenvalue weighted by Gasteiger charge is 2.52. The van der Waals surface area contributed by atoms with Crippen molar-refractivity contribution < 1.29 is 32.7 Å². The van der Waals surface area contributed by atoms with Crippen LogP contribution in [0.3, 0.4) is 0 Å². The summed E-state index contributed by atoms with van der Waals surface area (Å²) in [7, 11) is 0. The SMILES string of the molecule is CC(=O)N(C(Cc1ccccc1)C(O)C(F)(F)F)N1C(=O)C(C(C)C)N(C(=O)C2CCCCC2)C=C1c1ccccc1. The van der Waals surface area contributed by atoms with E-state index >= 15 is 0 Å². The van der Waals surface area contributed by atoms with Crippen molar-refractivity contribution in [2.45, 2.75) is 83.7 Å². The summed E-state index contributed by atoms with van der Waals surface area (Å²) in [6.45, 7) is 4.58. The Hall–Kier alpha value is -3.66. The molecule has 10 heteroatoms. The molecule has 0 bridgehead atoms. The van der Waals surface area contributed by atoms with Crippen molar-refractivity contribution in [3.05, 3.63) is 78.0 Å². The predicted molar refractivity (Wildman–Crippen MR) is 152 cm³/mol. The summed E-state index contributed by atoms with van der Waals surface area (Å²) in [5.41, 5.74) is 0.964. The van der Waals surface area contributed by atoms with E-state index in [0.29, 0.717) is 24.0 Å². The normalized spacial score (nSPS) is 19.9. The molecule has 226 valence electrons. The molecule has 3 amide bonds. The van der Waals surface area contributed by atoms with Crippen LogP contribution in [0.2, 0.25) is 0 Å². The van der Waals surface area contributed by atoms with E-state index in [-0.39, 0.29) is 23.9 Å². The number of aliphatic hydroxyl groups excluding tert-OH is 1. The summed E-state index contributed by atoms with van der Waals surface area (Å²) in [5, 5.41) is 12.3. The average Bonchev–Trinajstić information content (AvgIpc) is 2.97. The number of carbonyl (C=O) groups excluding carboxylic acids is 3. The molecule has 2 aromatic rings. The number of nitrogens with zero attached hydrogens (tertiary/aromatic N) is 3. The number of amides is 3. The molecule has 1 heterocycles. The second-order valence-electron chi connectivity index (χ2n) is 11.4. The first kappa shape index (κ1) is 31.3. The molecular formula is C32H38F3N3O4. The van der Waals surface area contributed by atoms with Crippen LogP contribution >= 0.6 is 0 Å². The molecule has 2 aromatic carbocycles. The van der Waals surface area contributed by atoms with Gasteiger partial charge in [-0.15, -0.1) is 0 Å². The van der Waals surface area contributed by atoms with E-state index in [1.54, 1.807) is 74.5 Å². The number of carbonyl (C=O) groups is 3. The van der Waals surface area contributed by atoms with Crippen molar-refractivity contribution in [3.8, 4) is 0 Å². The standard InChI is InChI=1S/C32H38F3N3O4/c1-21(2)28-31(42)38(37(22(3)39)26(29(40)32(33,34)35)19-23-13-7-4-8-14-23)27(24-15-9-5-10-16-24)20-36(28)30(41)25-17-11-6-12-18-25/h4-5,7-10,13-16,20-21,25-26,28-29,40H,6,11-12,17-19H2,1-3H3. The number of hydrogen-bond donors (Lipinski definition) is 1. The van der Waals surface area contributed by atoms with Crippen LogP contribution in [0.1, 0.15) is 64.0 Å². The third kappa shape index (κ3) is 6.69. The zero-order valence-electron chi connectivity index (χ0n) is 24.1. The number of aliphatic hydroxyl groups is 1. The molecule has 2 aliphatic rings. The maximum Gasteiger partial charge on any atom is 0.416 e. The Bertz CT molecular complexity index is 1280. The van der Waals surface area contributed by atoms with Crippen molar-refractivity contribution in [1.29, 1.82) is 0 Å². The van der Waals surface area contributed by atoms with Gasteiger partial charge in [0.05, 0.1) is 11.7 Å². The van der Waals surface area contributed by atoms with Crippen molar-refractivity contribution in [3.63, 3.8) is 0 Å². The number of hydrazine groups is 1. The number of halogens is 3. The van der Waals surface area contributed by atoms with Crippen LogP contribution in [0.5, 0.6) is 0 Å². The third-order valence-corrected chi connectivity index (χ3v) is 8.00. The van der Waals surface area contributed by atoms with Crippen LogP contribution < -0.4 is 0 Å². The second kappa shape index (κ2) is 13.1. The maximum atomic E-state index is 14.5. The monoisotopic (exact) mass is 585 g/mol. The molecule has 42 heavy (non-hydrogen) atoms. The highest BCUT2D eigenvalue weighted by atomic mass is 19.4. The first-order valence-corrected chi connectivity index (χ1v) is 14.4. The molecule has 0 aromatic heterocycles. The lowest BCUT2D eigenvalue weighted by Crippen LogP contribution is -2.65. The van der Waals surface area contributed by atoms with Gasteiger partial charge >= 0.3 is 6.18 Å². The van der Waals surface area contributed by atoms with Gasteiger partial charge in [-0.2, -0.15) is 13.2 Å². The first-order valence-electron chi connectivity index (χ1n) is 14.4. The zero-order valence-corrected chi connectivity index (χ0v) is 24.1. The molecule has 4 rings (SSSR count). The van der Waals surface area contributed by atoms with Gasteiger partial charge in [0.1, 0.15) is 6.04 Å². The van der Waals surface area contributed by atoms with E-state index in [2.05, 4.69) is 0 Å². The molecule has 1 saturated carbocycles. The number of alkyl halides is 3. The van der Waals surface area contributed by atoms with Gasteiger partial charge in [-0.1, -0.05) is 93.8 Å². The van der Waals surface area contributed by atoms with Gasteiger partial charge in [0.25, 0.3) is 5.91 Å². The Balaban J connectivity index is 1.90. The Morgan fingerprint density at radius 2 is 1.55 bits per heavy atom. The second-order valence-corrected chi connectivity index (χ2v) is 11.4. The Labute approximate surface area is 244 Å². The molecule has 3 unspecified atom stereocenters. The van der Waals surface area contributed by atoms with Gasteiger partial charge < -0.3 is 10.0 Å². The fourth-order valence-electron chi connectivity index (χ4n) is 5.95. The Morgan fingerprint density at radius 1 is 0.976 bits per heavy atom. The summed E-state index contributed by atoms with van der Waals surface area (Å²) in [6.07, 6.45) is -2.67. The lowest BCUT2D eigenvalue weighted by molar-refractivity contribution is -0.232. The lowest BCUT2D eigenvalue weighted by atomic mass is 9.87. The van der Waals surface area contributed by atoms with E-state index in [4.69, 9.17) is 0 Å². The maximum absolute atomic E-state index is 14.5. The molecule has 1 aliphatic heterocycles. The quantitative estimate of drug-likeness (QED) is 0.440. The van der Waals surface area contributed by atoms with E-state index in [0.717, 1.165) is 36.2 Å². The molecule has 1 aliphatic carbocycles. The fraction of sp³-hybridized carbons (Fsp3) is 0.469. The highest BCUT2D eigenvalue weighted by Crippen LogP contribution is 2.37. The molecule has 1 fully saturated rings. The Kier molecular flexibility index (Phi) is 9.76. The summed E-state index contributed by atoms with van der Waals surface area (Å²) in [6, 6.07) is 13.7. The minimum atomic E-state index is -5.08. The minimum Gasteiger partial charge on any atom is -0.382 e. The van der Waals surface area contributed by atoms with E-state index in [1.165, 1.54) is 11.1 Å². The minimum absolute atomic E-state index is 0.0873. The molecule has 3 atom stereocenters. The molecule has 0 spiro atoms. The summed E-state index contributed by atoms with van der Waals surface area (Å²) in [4.78, 5) is 43.1. The number of benzene rings is 2. The lowest BCUT2D eigenvalue weighted by Gasteiger charge is -2.48. The molecule has 1 N–H and O–H groups in total. The average molecular weight is 586 g/mol. The highest BCUT2D eigenvalue weighted by molar-refractivity contribution is 5.99. The van der Waals surface area contributed by atoms with Crippen LogP contribution in [-0.4, -0.2) is 62.1 Å². The predicted octanol–water partition coefficient (Wildman–Crippen LogP) is 5.56. The van der Waals surface area contributed by atoms with Crippen LogP contribution in [0, 0.1) is 11.8 Å². The summed E-state index contributed by atoms with van der Waals surface area (Å²) < 4.78 is 42.4. The molecule has 0 saturated heterocycles. The smallest absolute Gasteiger partial charge is 0.382 e. The van der Waals surface area contributed by atoms with E-state index in [9.17, 15) is 32.7 Å². The fourth-order valence-corrected chi connectivity index (χ4v) is 5.95. The van der Waals surface area contributed by atoms with Crippen molar-refractivity contribution in [1.82, 2.24) is 14.9 Å². The van der Waals surface area contributed by atoms with Crippen LogP contribution in [-0.2, 0) is 20.8 Å². The third-order valence-electron chi connectivity index (χ3n) is 8.00. The van der Waals surface area contributed by atoms with Gasteiger partial charge in [-0.3, -0.25) is 14.4 Å². The van der Waals surface area contributed by atoms with Crippen LogP contribution in [0.25, 0.3) is 5.70 Å². The summed E-state index contributed by atoms with van der Waals surface area (Å²) >= 11 is 0. The summed E-state index contributed by atoms with van der Waals surface area (Å²) in [5.74, 6) is -2.47. The Morgan fingerprint density at radius 3 is 2.07 bits per heavy atom.